The van der Waals surface area contributed by atoms with Gasteiger partial charge in [0.2, 0.25) is 0 Å². The van der Waals surface area contributed by atoms with E-state index in [1.807, 2.05) is 20.8 Å². The van der Waals surface area contributed by atoms with E-state index >= 15 is 0 Å². The first-order chi connectivity index (χ1) is 8.90. The molecule has 0 bridgehead atoms. The second-order valence-electron chi connectivity index (χ2n) is 5.75. The van der Waals surface area contributed by atoms with Crippen molar-refractivity contribution in [2.24, 2.45) is 5.73 Å². The summed E-state index contributed by atoms with van der Waals surface area (Å²) in [5, 5.41) is 7.06. The molecule has 0 aliphatic carbocycles. The van der Waals surface area contributed by atoms with Crippen LogP contribution in [0.4, 0.5) is 0 Å². The number of hydrogen-bond acceptors (Lipinski definition) is 5. The minimum absolute atomic E-state index is 0.0300. The number of amides is 1. The highest BCUT2D eigenvalue weighted by Gasteiger charge is 2.27. The van der Waals surface area contributed by atoms with Gasteiger partial charge in [0.25, 0.3) is 5.91 Å². The van der Waals surface area contributed by atoms with E-state index in [0.717, 1.165) is 36.5 Å². The summed E-state index contributed by atoms with van der Waals surface area (Å²) < 4.78 is 3.90. The first kappa shape index (κ1) is 16.0. The van der Waals surface area contributed by atoms with Crippen LogP contribution in [0, 0.1) is 0 Å². The van der Waals surface area contributed by atoms with E-state index in [0.29, 0.717) is 11.4 Å². The highest BCUT2D eigenvalue weighted by Crippen LogP contribution is 2.25. The highest BCUT2D eigenvalue weighted by molar-refractivity contribution is 7.08. The van der Waals surface area contributed by atoms with Crippen molar-refractivity contribution in [1.82, 2.24) is 14.9 Å². The molecule has 0 aromatic carbocycles. The zero-order valence-corrected chi connectivity index (χ0v) is 13.0. The number of hydrogen-bond donors (Lipinski definition) is 2. The Morgan fingerprint density at radius 1 is 1.47 bits per heavy atom. The number of nitrogens with one attached hydrogen (secondary N) is 1. The van der Waals surface area contributed by atoms with Gasteiger partial charge >= 0.3 is 0 Å². The Hall–Kier alpha value is -1.01. The van der Waals surface area contributed by atoms with Crippen molar-refractivity contribution in [2.45, 2.75) is 58.4 Å². The summed E-state index contributed by atoms with van der Waals surface area (Å²) in [5.74, 6) is -0.105. The van der Waals surface area contributed by atoms with Gasteiger partial charge in [0.05, 0.1) is 5.69 Å². The van der Waals surface area contributed by atoms with Crippen molar-refractivity contribution in [3.8, 4) is 0 Å². The zero-order valence-electron chi connectivity index (χ0n) is 12.2. The molecule has 0 spiro atoms. The summed E-state index contributed by atoms with van der Waals surface area (Å²) in [6, 6.07) is 0.0300. The summed E-state index contributed by atoms with van der Waals surface area (Å²) >= 11 is 1.15. The monoisotopic (exact) mass is 284 g/mol. The first-order valence-corrected chi connectivity index (χ1v) is 7.51. The molecular weight excluding hydrogens is 260 g/mol. The van der Waals surface area contributed by atoms with Gasteiger partial charge in [-0.2, -0.15) is 0 Å². The van der Waals surface area contributed by atoms with Crippen molar-refractivity contribution in [1.29, 1.82) is 0 Å². The Labute approximate surface area is 119 Å². The fourth-order valence-electron chi connectivity index (χ4n) is 1.78. The quantitative estimate of drug-likeness (QED) is 0.838. The molecule has 1 aromatic heterocycles. The molecule has 0 aliphatic heterocycles. The van der Waals surface area contributed by atoms with Crippen molar-refractivity contribution in [2.75, 3.05) is 6.54 Å². The van der Waals surface area contributed by atoms with Crippen LogP contribution in [0.25, 0.3) is 0 Å². The van der Waals surface area contributed by atoms with E-state index in [-0.39, 0.29) is 17.4 Å². The third-order valence-corrected chi connectivity index (χ3v) is 3.66. The van der Waals surface area contributed by atoms with Crippen LogP contribution >= 0.6 is 11.5 Å². The summed E-state index contributed by atoms with van der Waals surface area (Å²) in [6.07, 6.45) is 3.08. The van der Waals surface area contributed by atoms with Crippen LogP contribution in [0.2, 0.25) is 0 Å². The Bertz CT molecular complexity index is 411. The molecule has 0 fully saturated rings. The van der Waals surface area contributed by atoms with Crippen LogP contribution in [0.3, 0.4) is 0 Å². The fourth-order valence-corrected chi connectivity index (χ4v) is 2.56. The molecule has 0 saturated heterocycles. The third-order valence-electron chi connectivity index (χ3n) is 2.93. The van der Waals surface area contributed by atoms with Crippen LogP contribution in [0.5, 0.6) is 0 Å². The number of carbonyl (C=O) groups excluding carboxylic acids is 1. The second kappa shape index (κ2) is 6.96. The van der Waals surface area contributed by atoms with E-state index in [9.17, 15) is 4.79 Å². The van der Waals surface area contributed by atoms with Crippen molar-refractivity contribution < 1.29 is 4.79 Å². The molecule has 6 heteroatoms. The minimum Gasteiger partial charge on any atom is -0.347 e. The molecule has 5 nitrogen and oxygen atoms in total. The van der Waals surface area contributed by atoms with Gasteiger partial charge < -0.3 is 11.1 Å². The molecule has 0 radical (unpaired) electrons. The summed E-state index contributed by atoms with van der Waals surface area (Å²) in [7, 11) is 0. The van der Waals surface area contributed by atoms with Gasteiger partial charge in [-0.25, -0.2) is 0 Å². The molecule has 1 aromatic rings. The number of rotatable bonds is 6. The van der Waals surface area contributed by atoms with Gasteiger partial charge in [-0.1, -0.05) is 45.0 Å². The normalized spacial score (nSPS) is 13.3. The van der Waals surface area contributed by atoms with Crippen molar-refractivity contribution >= 4 is 17.4 Å². The third kappa shape index (κ3) is 4.54. The smallest absolute Gasteiger partial charge is 0.265 e. The number of nitrogens with two attached hydrogens (primary N) is 1. The lowest BCUT2D eigenvalue weighted by Crippen LogP contribution is -2.40. The standard InChI is InChI=1S/C13H24N4OS/c1-5-6-7-9(8-14)15-12(18)10-11(13(2,3)4)16-17-19-10/h9H,5-8,14H2,1-4H3,(H,15,18). The Balaban J connectivity index is 2.75. The van der Waals surface area contributed by atoms with E-state index in [4.69, 9.17) is 5.73 Å². The Morgan fingerprint density at radius 2 is 2.16 bits per heavy atom. The number of carbonyl (C=O) groups is 1. The summed E-state index contributed by atoms with van der Waals surface area (Å²) in [4.78, 5) is 12.9. The maximum absolute atomic E-state index is 12.3. The van der Waals surface area contributed by atoms with E-state index in [2.05, 4.69) is 21.8 Å². The van der Waals surface area contributed by atoms with Crippen LogP contribution in [-0.4, -0.2) is 28.1 Å². The summed E-state index contributed by atoms with van der Waals surface area (Å²) in [6.45, 7) is 8.66. The van der Waals surface area contributed by atoms with Gasteiger partial charge in [-0.3, -0.25) is 4.79 Å². The Morgan fingerprint density at radius 3 is 2.68 bits per heavy atom. The average molecular weight is 284 g/mol. The second-order valence-corrected chi connectivity index (χ2v) is 6.50. The van der Waals surface area contributed by atoms with Gasteiger partial charge in [-0.15, -0.1) is 5.10 Å². The van der Waals surface area contributed by atoms with Gasteiger partial charge in [-0.05, 0) is 18.0 Å². The zero-order chi connectivity index (χ0) is 14.5. The molecule has 1 heterocycles. The lowest BCUT2D eigenvalue weighted by Gasteiger charge is -2.19. The summed E-state index contributed by atoms with van der Waals surface area (Å²) in [5.41, 5.74) is 6.27. The molecule has 1 amide bonds. The van der Waals surface area contributed by atoms with Gasteiger partial charge in [0.1, 0.15) is 4.88 Å². The minimum atomic E-state index is -0.179. The molecule has 3 N–H and O–H groups in total. The van der Waals surface area contributed by atoms with E-state index in [1.54, 1.807) is 0 Å². The lowest BCUT2D eigenvalue weighted by molar-refractivity contribution is 0.0937. The van der Waals surface area contributed by atoms with Crippen LogP contribution in [-0.2, 0) is 5.41 Å². The van der Waals surface area contributed by atoms with Crippen LogP contribution in [0.15, 0.2) is 0 Å². The number of nitrogens with zero attached hydrogens (tertiary/aromatic N) is 2. The van der Waals surface area contributed by atoms with Crippen LogP contribution in [0.1, 0.15) is 62.3 Å². The number of unbranched alkanes of at least 4 members (excludes halogenated alkanes) is 1. The fraction of sp³-hybridized carbons (Fsp3) is 0.769. The predicted octanol–water partition coefficient (Wildman–Crippen LogP) is 2.08. The van der Waals surface area contributed by atoms with E-state index in [1.165, 1.54) is 0 Å². The SMILES string of the molecule is CCCCC(CN)NC(=O)c1snnc1C(C)(C)C. The van der Waals surface area contributed by atoms with Gasteiger partial charge in [0, 0.05) is 18.0 Å². The first-order valence-electron chi connectivity index (χ1n) is 6.73. The van der Waals surface area contributed by atoms with Gasteiger partial charge in [0.15, 0.2) is 0 Å². The molecular formula is C13H24N4OS. The average Bonchev–Trinajstić information content (AvgIpc) is 2.83. The van der Waals surface area contributed by atoms with Crippen LogP contribution < -0.4 is 11.1 Å². The largest absolute Gasteiger partial charge is 0.347 e. The Kier molecular flexibility index (Phi) is 5.87. The molecule has 1 rings (SSSR count). The maximum atomic E-state index is 12.3. The predicted molar refractivity (Wildman–Crippen MR) is 78.4 cm³/mol. The molecule has 0 saturated carbocycles. The molecule has 0 aliphatic rings. The molecule has 108 valence electrons. The molecule has 1 atom stereocenters. The molecule has 19 heavy (non-hydrogen) atoms. The van der Waals surface area contributed by atoms with E-state index < -0.39 is 0 Å². The number of aromatic nitrogens is 2. The lowest BCUT2D eigenvalue weighted by atomic mass is 9.91. The van der Waals surface area contributed by atoms with Crippen molar-refractivity contribution in [3.05, 3.63) is 10.6 Å². The highest BCUT2D eigenvalue weighted by atomic mass is 32.1. The van der Waals surface area contributed by atoms with Crippen molar-refractivity contribution in [3.63, 3.8) is 0 Å². The molecule has 1 unspecified atom stereocenters. The maximum Gasteiger partial charge on any atom is 0.265 e. The topological polar surface area (TPSA) is 80.9 Å².